The molecule has 204 valence electrons. The molecule has 40 heavy (non-hydrogen) atoms. The first-order chi connectivity index (χ1) is 17.9. The van der Waals surface area contributed by atoms with Gasteiger partial charge in [-0.15, -0.1) is 0 Å². The smallest absolute Gasteiger partial charge is 1.00 e. The fourth-order valence-corrected chi connectivity index (χ4v) is 3.09. The van der Waals surface area contributed by atoms with Crippen LogP contribution in [0.1, 0.15) is 0 Å². The molecule has 0 saturated carbocycles. The van der Waals surface area contributed by atoms with Crippen molar-refractivity contribution in [3.63, 3.8) is 0 Å². The Kier molecular flexibility index (Phi) is 19.2. The minimum absolute atomic E-state index is 0. The molecule has 0 aliphatic carbocycles. The summed E-state index contributed by atoms with van der Waals surface area (Å²) in [4.78, 5) is 25.1. The van der Waals surface area contributed by atoms with Gasteiger partial charge in [0.05, 0.1) is 34.2 Å². The molecule has 0 aliphatic rings. The molecule has 0 radical (unpaired) electrons. The van der Waals surface area contributed by atoms with Crippen LogP contribution < -0.4 is 37.2 Å². The van der Waals surface area contributed by atoms with E-state index in [2.05, 4.69) is 29.9 Å². The zero-order valence-electron chi connectivity index (χ0n) is 21.0. The van der Waals surface area contributed by atoms with Gasteiger partial charge in [-0.3, -0.25) is 29.9 Å². The van der Waals surface area contributed by atoms with Crippen LogP contribution in [0.15, 0.2) is 146 Å². The predicted molar refractivity (Wildman–Crippen MR) is 142 cm³/mol. The summed E-state index contributed by atoms with van der Waals surface area (Å²) in [7, 11) is 0. The van der Waals surface area contributed by atoms with Crippen molar-refractivity contribution in [2.45, 2.75) is 0 Å². The van der Waals surface area contributed by atoms with Crippen molar-refractivity contribution in [1.82, 2.24) is 29.9 Å². The molecule has 0 N–H and O–H groups in total. The minimum Gasteiger partial charge on any atom is -1.00 e. The summed E-state index contributed by atoms with van der Waals surface area (Å²) in [5.74, 6) is 0. The molecule has 6 aromatic heterocycles. The normalized spacial score (nSPS) is 8.70. The van der Waals surface area contributed by atoms with Crippen LogP contribution in [0.2, 0.25) is 0 Å². The molecule has 0 amide bonds. The van der Waals surface area contributed by atoms with Crippen molar-refractivity contribution in [3.05, 3.63) is 146 Å². The van der Waals surface area contributed by atoms with Gasteiger partial charge in [0, 0.05) is 37.2 Å². The van der Waals surface area contributed by atoms with E-state index >= 15 is 0 Å². The summed E-state index contributed by atoms with van der Waals surface area (Å²) in [6.45, 7) is 0. The van der Waals surface area contributed by atoms with Crippen molar-refractivity contribution in [3.8, 4) is 34.2 Å². The maximum atomic E-state index is 4.19. The van der Waals surface area contributed by atoms with E-state index < -0.39 is 0 Å². The molecule has 0 unspecified atom stereocenters. The first-order valence-electron chi connectivity index (χ1n) is 11.4. The summed E-state index contributed by atoms with van der Waals surface area (Å²) < 4.78 is 0. The molecule has 0 aliphatic heterocycles. The van der Waals surface area contributed by atoms with E-state index in [0.717, 1.165) is 34.2 Å². The van der Waals surface area contributed by atoms with E-state index in [-0.39, 0.29) is 54.0 Å². The Morgan fingerprint density at radius 2 is 0.400 bits per heavy atom. The average molecular weight is 634 g/mol. The number of rotatable bonds is 3. The molecule has 0 saturated heterocycles. The fourth-order valence-electron chi connectivity index (χ4n) is 3.09. The quantitative estimate of drug-likeness (QED) is 0.214. The fraction of sp³-hybridized carbons (Fsp3) is 0. The van der Waals surface area contributed by atoms with Crippen molar-refractivity contribution < 1.29 is 54.0 Å². The number of halogens is 3. The van der Waals surface area contributed by atoms with E-state index in [4.69, 9.17) is 0 Å². The Morgan fingerprint density at radius 1 is 0.250 bits per heavy atom. The maximum Gasteiger partial charge on any atom is 3.00 e. The Morgan fingerprint density at radius 3 is 0.500 bits per heavy atom. The standard InChI is InChI=1S/3C10H8N2.3ClH.Co/c3*1-3-7-11-9(5-1)10-6-2-4-8-12-10;;;;/h3*1-8H;3*1H;/q;;;;;;+3/p-3. The van der Waals surface area contributed by atoms with Gasteiger partial charge in [0.2, 0.25) is 0 Å². The first kappa shape index (κ1) is 36.3. The van der Waals surface area contributed by atoms with Gasteiger partial charge in [-0.05, 0) is 72.8 Å². The van der Waals surface area contributed by atoms with Gasteiger partial charge < -0.3 is 37.2 Å². The zero-order valence-corrected chi connectivity index (χ0v) is 24.3. The van der Waals surface area contributed by atoms with Crippen LogP contribution in [-0.2, 0) is 16.8 Å². The van der Waals surface area contributed by atoms with Crippen molar-refractivity contribution in [1.29, 1.82) is 0 Å². The van der Waals surface area contributed by atoms with Crippen LogP contribution in [0.25, 0.3) is 34.2 Å². The van der Waals surface area contributed by atoms with Crippen molar-refractivity contribution in [2.75, 3.05) is 0 Å². The Labute approximate surface area is 263 Å². The summed E-state index contributed by atoms with van der Waals surface area (Å²) in [5.41, 5.74) is 5.49. The largest absolute Gasteiger partial charge is 3.00 e. The van der Waals surface area contributed by atoms with E-state index in [9.17, 15) is 0 Å². The Balaban J connectivity index is 0.000000543. The third kappa shape index (κ3) is 12.0. The number of hydrogen-bond acceptors (Lipinski definition) is 6. The third-order valence-electron chi connectivity index (χ3n) is 4.78. The SMILES string of the molecule is [Cl-].[Cl-].[Cl-].[Co+3].c1ccc(-c2ccccn2)nc1.c1ccc(-c2ccccn2)nc1.c1ccc(-c2ccccn2)nc1. The topological polar surface area (TPSA) is 77.3 Å². The average Bonchev–Trinajstić information content (AvgIpc) is 3.01. The second-order valence-electron chi connectivity index (χ2n) is 7.29. The molecule has 0 spiro atoms. The van der Waals surface area contributed by atoms with Gasteiger partial charge >= 0.3 is 16.8 Å². The minimum atomic E-state index is 0. The molecule has 6 heterocycles. The van der Waals surface area contributed by atoms with Crippen molar-refractivity contribution in [2.24, 2.45) is 0 Å². The van der Waals surface area contributed by atoms with Crippen LogP contribution in [0.5, 0.6) is 0 Å². The molecule has 0 atom stereocenters. The second kappa shape index (κ2) is 21.1. The molecule has 0 bridgehead atoms. The van der Waals surface area contributed by atoms with Crippen molar-refractivity contribution >= 4 is 0 Å². The van der Waals surface area contributed by atoms with Gasteiger partial charge in [0.1, 0.15) is 0 Å². The van der Waals surface area contributed by atoms with Crippen LogP contribution >= 0.6 is 0 Å². The summed E-state index contributed by atoms with van der Waals surface area (Å²) in [6, 6.07) is 34.8. The van der Waals surface area contributed by atoms with Gasteiger partial charge in [-0.2, -0.15) is 0 Å². The zero-order chi connectivity index (χ0) is 24.7. The van der Waals surface area contributed by atoms with Gasteiger partial charge in [0.15, 0.2) is 0 Å². The summed E-state index contributed by atoms with van der Waals surface area (Å²) in [6.07, 6.45) is 10.6. The van der Waals surface area contributed by atoms with Crippen LogP contribution in [-0.4, -0.2) is 29.9 Å². The van der Waals surface area contributed by atoms with Crippen LogP contribution in [0.4, 0.5) is 0 Å². The molecule has 6 aromatic rings. The third-order valence-corrected chi connectivity index (χ3v) is 4.78. The molecule has 0 aromatic carbocycles. The molecular formula is C30H24Cl3CoN6. The number of nitrogens with zero attached hydrogens (tertiary/aromatic N) is 6. The van der Waals surface area contributed by atoms with Gasteiger partial charge in [0.25, 0.3) is 0 Å². The number of aromatic nitrogens is 6. The number of hydrogen-bond donors (Lipinski definition) is 0. The predicted octanol–water partition coefficient (Wildman–Crippen LogP) is -2.56. The Bertz CT molecular complexity index is 1120. The van der Waals surface area contributed by atoms with E-state index in [1.165, 1.54) is 0 Å². The molecule has 0 fully saturated rings. The molecular weight excluding hydrogens is 610 g/mol. The second-order valence-corrected chi connectivity index (χ2v) is 7.29. The van der Waals surface area contributed by atoms with Crippen LogP contribution in [0, 0.1) is 0 Å². The summed E-state index contributed by atoms with van der Waals surface area (Å²) in [5, 5.41) is 0. The van der Waals surface area contributed by atoms with E-state index in [1.807, 2.05) is 109 Å². The first-order valence-corrected chi connectivity index (χ1v) is 11.4. The van der Waals surface area contributed by atoms with Gasteiger partial charge in [-0.1, -0.05) is 36.4 Å². The number of pyridine rings is 6. The molecule has 6 nitrogen and oxygen atoms in total. The Hall–Kier alpha value is -3.72. The monoisotopic (exact) mass is 632 g/mol. The van der Waals surface area contributed by atoms with Crippen LogP contribution in [0.3, 0.4) is 0 Å². The van der Waals surface area contributed by atoms with E-state index in [1.54, 1.807) is 37.2 Å². The van der Waals surface area contributed by atoms with E-state index in [0.29, 0.717) is 0 Å². The molecule has 6 rings (SSSR count). The maximum absolute atomic E-state index is 4.19. The molecule has 10 heteroatoms. The summed E-state index contributed by atoms with van der Waals surface area (Å²) >= 11 is 0. The van der Waals surface area contributed by atoms with Gasteiger partial charge in [-0.25, -0.2) is 0 Å².